The van der Waals surface area contributed by atoms with Gasteiger partial charge in [0.05, 0.1) is 12.2 Å². The number of hydrogen-bond donors (Lipinski definition) is 2. The van der Waals surface area contributed by atoms with Gasteiger partial charge in [-0.1, -0.05) is 30.3 Å². The maximum atomic E-state index is 13.2. The molecule has 2 aromatic carbocycles. The monoisotopic (exact) mass is 437 g/mol. The number of carboxylic acid groups (broad SMARTS) is 1. The van der Waals surface area contributed by atoms with Crippen molar-refractivity contribution in [1.82, 2.24) is 10.2 Å². The molecule has 152 valence electrons. The Labute approximate surface area is 200 Å². The summed E-state index contributed by atoms with van der Waals surface area (Å²) >= 11 is 1.40. The second kappa shape index (κ2) is 8.42. The fourth-order valence-corrected chi connectivity index (χ4v) is 5.75. The van der Waals surface area contributed by atoms with Crippen molar-refractivity contribution in [1.29, 1.82) is 0 Å². The number of benzene rings is 2. The van der Waals surface area contributed by atoms with Crippen LogP contribution in [0.4, 0.5) is 0 Å². The van der Waals surface area contributed by atoms with E-state index in [1.165, 1.54) is 16.7 Å². The predicted molar refractivity (Wildman–Crippen MR) is 110 cm³/mol. The molecule has 2 aromatic rings. The van der Waals surface area contributed by atoms with Crippen molar-refractivity contribution in [2.45, 2.75) is 43.0 Å². The van der Waals surface area contributed by atoms with E-state index >= 15 is 0 Å². The molecule has 2 aliphatic heterocycles. The number of amides is 2. The smallest absolute Gasteiger partial charge is 0.493 e. The molecule has 3 atom stereocenters. The van der Waals surface area contributed by atoms with Crippen LogP contribution >= 0.6 is 11.8 Å². The van der Waals surface area contributed by atoms with Crippen LogP contribution in [0.5, 0.6) is 5.75 Å². The van der Waals surface area contributed by atoms with E-state index in [4.69, 9.17) is 4.74 Å². The summed E-state index contributed by atoms with van der Waals surface area (Å²) in [7, 11) is 0. The first kappa shape index (κ1) is 22.9. The van der Waals surface area contributed by atoms with E-state index in [1.54, 1.807) is 19.9 Å². The standard InChI is InChI=1S/C21H22N2O5S.Na/c1-4-28-13-10-9-11-7-5-6-8-12(11)14(13)17(24)22-15-18(25)23-16(20(26)27)21(2,3)29-19(15)23;/h5-10,15-16,19H,4H2,1-3H3,(H,22,24)(H,26,27);/q;+1/t15-,16+,19-;/m1./s1. The third-order valence-electron chi connectivity index (χ3n) is 5.38. The van der Waals surface area contributed by atoms with Crippen LogP contribution in [0.3, 0.4) is 0 Å². The van der Waals surface area contributed by atoms with Crippen molar-refractivity contribution in [3.8, 4) is 5.75 Å². The second-order valence-electron chi connectivity index (χ2n) is 7.64. The summed E-state index contributed by atoms with van der Waals surface area (Å²) in [4.78, 5) is 38.9. The number of rotatable bonds is 5. The van der Waals surface area contributed by atoms with E-state index in [9.17, 15) is 19.5 Å². The minimum atomic E-state index is -1.03. The minimum Gasteiger partial charge on any atom is -0.493 e. The van der Waals surface area contributed by atoms with Gasteiger partial charge in [-0.2, -0.15) is 0 Å². The molecule has 0 aromatic heterocycles. The van der Waals surface area contributed by atoms with Crippen molar-refractivity contribution in [3.05, 3.63) is 42.0 Å². The van der Waals surface area contributed by atoms with Crippen LogP contribution in [-0.4, -0.2) is 56.6 Å². The summed E-state index contributed by atoms with van der Waals surface area (Å²) in [5.74, 6) is -1.35. The Balaban J connectivity index is 0.00000256. The number of carbonyl (C=O) groups excluding carboxylic acids is 2. The number of thioether (sulfide) groups is 1. The molecule has 2 saturated heterocycles. The zero-order valence-electron chi connectivity index (χ0n) is 17.3. The molecule has 0 bridgehead atoms. The molecule has 0 aliphatic carbocycles. The number of nitrogens with one attached hydrogen (secondary N) is 1. The maximum absolute atomic E-state index is 13.2. The molecule has 2 aliphatic rings. The fourth-order valence-electron chi connectivity index (χ4n) is 4.12. The average Bonchev–Trinajstić information content (AvgIpc) is 2.94. The summed E-state index contributed by atoms with van der Waals surface area (Å²) in [6.45, 7) is 5.85. The van der Waals surface area contributed by atoms with Crippen molar-refractivity contribution < 1.29 is 53.8 Å². The summed E-state index contributed by atoms with van der Waals surface area (Å²) in [5.41, 5.74) is 0.383. The number of hydrogen-bond acceptors (Lipinski definition) is 5. The third kappa shape index (κ3) is 3.60. The quantitative estimate of drug-likeness (QED) is 0.483. The first-order chi connectivity index (χ1) is 13.8. The zero-order valence-corrected chi connectivity index (χ0v) is 20.2. The van der Waals surface area contributed by atoms with E-state index < -0.39 is 34.1 Å². The van der Waals surface area contributed by atoms with Crippen LogP contribution in [0.2, 0.25) is 0 Å². The van der Waals surface area contributed by atoms with Crippen molar-refractivity contribution in [2.24, 2.45) is 0 Å². The Morgan fingerprint density at radius 1 is 1.23 bits per heavy atom. The number of carboxylic acids is 1. The Bertz CT molecular complexity index is 1030. The van der Waals surface area contributed by atoms with E-state index in [-0.39, 0.29) is 35.5 Å². The molecule has 0 saturated carbocycles. The van der Waals surface area contributed by atoms with E-state index in [0.29, 0.717) is 17.9 Å². The summed E-state index contributed by atoms with van der Waals surface area (Å²) < 4.78 is 5.02. The van der Waals surface area contributed by atoms with E-state index in [2.05, 4.69) is 5.32 Å². The van der Waals surface area contributed by atoms with Crippen molar-refractivity contribution in [2.75, 3.05) is 6.61 Å². The normalized spacial score (nSPS) is 23.9. The molecular weight excluding hydrogens is 415 g/mol. The van der Waals surface area contributed by atoms with Crippen molar-refractivity contribution in [3.63, 3.8) is 0 Å². The Morgan fingerprint density at radius 3 is 2.60 bits per heavy atom. The van der Waals surface area contributed by atoms with Crippen LogP contribution < -0.4 is 39.6 Å². The zero-order chi connectivity index (χ0) is 20.9. The molecule has 2 heterocycles. The Hall–Kier alpha value is -1.74. The van der Waals surface area contributed by atoms with Gasteiger partial charge < -0.3 is 20.1 Å². The van der Waals surface area contributed by atoms with Gasteiger partial charge in [0.25, 0.3) is 5.91 Å². The number of carbonyl (C=O) groups is 3. The molecule has 7 nitrogen and oxygen atoms in total. The molecule has 0 unspecified atom stereocenters. The Morgan fingerprint density at radius 2 is 1.93 bits per heavy atom. The maximum Gasteiger partial charge on any atom is 1.00 e. The van der Waals surface area contributed by atoms with E-state index in [0.717, 1.165) is 10.8 Å². The van der Waals surface area contributed by atoms with Gasteiger partial charge in [-0.15, -0.1) is 11.8 Å². The third-order valence-corrected chi connectivity index (χ3v) is 6.95. The van der Waals surface area contributed by atoms with Gasteiger partial charge in [0.15, 0.2) is 0 Å². The first-order valence-electron chi connectivity index (χ1n) is 9.44. The number of nitrogens with zero attached hydrogens (tertiary/aromatic N) is 1. The molecule has 2 amide bonds. The molecule has 2 fully saturated rings. The summed E-state index contributed by atoms with van der Waals surface area (Å²) in [6, 6.07) is 9.46. The van der Waals surface area contributed by atoms with Gasteiger partial charge in [-0.05, 0) is 37.6 Å². The first-order valence-corrected chi connectivity index (χ1v) is 10.3. The molecule has 9 heteroatoms. The van der Waals surface area contributed by atoms with Gasteiger partial charge in [0.1, 0.15) is 23.2 Å². The van der Waals surface area contributed by atoms with Gasteiger partial charge in [0, 0.05) is 4.75 Å². The van der Waals surface area contributed by atoms with Gasteiger partial charge in [0.2, 0.25) is 5.91 Å². The van der Waals surface area contributed by atoms with Crippen LogP contribution in [0.25, 0.3) is 10.8 Å². The minimum absolute atomic E-state index is 0. The van der Waals surface area contributed by atoms with Crippen LogP contribution in [0, 0.1) is 0 Å². The molecule has 0 radical (unpaired) electrons. The summed E-state index contributed by atoms with van der Waals surface area (Å²) in [6.07, 6.45) is 0. The van der Waals surface area contributed by atoms with Gasteiger partial charge in [-0.25, -0.2) is 4.79 Å². The number of β-lactam (4-membered cyclic amide) rings is 1. The molecule has 0 spiro atoms. The van der Waals surface area contributed by atoms with Gasteiger partial charge in [-0.3, -0.25) is 9.59 Å². The fraction of sp³-hybridized carbons (Fsp3) is 0.381. The SMILES string of the molecule is CCOc1ccc2ccccc2c1C(=O)N[C@@H]1C(=O)N2[C@@H]1SC(C)(C)[C@@H]2C(=O)O.[Na+]. The average molecular weight is 437 g/mol. The van der Waals surface area contributed by atoms with Gasteiger partial charge >= 0.3 is 35.5 Å². The Kier molecular flexibility index (Phi) is 6.43. The van der Waals surface area contributed by atoms with Crippen LogP contribution in [0.1, 0.15) is 31.1 Å². The number of ether oxygens (including phenoxy) is 1. The summed E-state index contributed by atoms with van der Waals surface area (Å²) in [5, 5.41) is 13.6. The van der Waals surface area contributed by atoms with Crippen LogP contribution in [-0.2, 0) is 9.59 Å². The molecule has 2 N–H and O–H groups in total. The molecule has 30 heavy (non-hydrogen) atoms. The van der Waals surface area contributed by atoms with Crippen molar-refractivity contribution >= 4 is 40.3 Å². The second-order valence-corrected chi connectivity index (χ2v) is 9.41. The largest absolute Gasteiger partial charge is 1.00 e. The molecule has 4 rings (SSSR count). The topological polar surface area (TPSA) is 95.9 Å². The molecular formula is C21H22N2NaO5S+. The number of aliphatic carboxylic acids is 1. The van der Waals surface area contributed by atoms with Crippen LogP contribution in [0.15, 0.2) is 36.4 Å². The number of fused-ring (bicyclic) bond motifs is 2. The van der Waals surface area contributed by atoms with E-state index in [1.807, 2.05) is 37.3 Å². The predicted octanol–water partition coefficient (Wildman–Crippen LogP) is -0.512.